The molecule has 3 N–H and O–H groups in total. The van der Waals surface area contributed by atoms with E-state index in [-0.39, 0.29) is 12.5 Å². The lowest BCUT2D eigenvalue weighted by Gasteiger charge is -2.36. The molecule has 1 saturated carbocycles. The molecule has 1 fully saturated rings. The van der Waals surface area contributed by atoms with Gasteiger partial charge in [-0.25, -0.2) is 0 Å². The highest BCUT2D eigenvalue weighted by atomic mass is 16.5. The number of anilines is 3. The predicted octanol–water partition coefficient (Wildman–Crippen LogP) is 2.61. The van der Waals surface area contributed by atoms with Gasteiger partial charge >= 0.3 is 0 Å². The summed E-state index contributed by atoms with van der Waals surface area (Å²) in [5, 5.41) is 2.85. The van der Waals surface area contributed by atoms with Crippen molar-refractivity contribution in [2.75, 3.05) is 29.6 Å². The van der Waals surface area contributed by atoms with Crippen molar-refractivity contribution in [1.29, 1.82) is 0 Å². The summed E-state index contributed by atoms with van der Waals surface area (Å²) < 4.78 is 5.40. The second-order valence-corrected chi connectivity index (χ2v) is 6.27. The number of nitrogens with one attached hydrogen (secondary N) is 1. The van der Waals surface area contributed by atoms with Crippen LogP contribution in [0.15, 0.2) is 12.1 Å². The maximum absolute atomic E-state index is 11.4. The van der Waals surface area contributed by atoms with E-state index >= 15 is 0 Å². The summed E-state index contributed by atoms with van der Waals surface area (Å²) in [4.78, 5) is 13.7. The van der Waals surface area contributed by atoms with Crippen molar-refractivity contribution in [1.82, 2.24) is 0 Å². The van der Waals surface area contributed by atoms with E-state index in [1.54, 1.807) is 0 Å². The van der Waals surface area contributed by atoms with Crippen LogP contribution in [-0.4, -0.2) is 25.6 Å². The Morgan fingerprint density at radius 2 is 2.00 bits per heavy atom. The van der Waals surface area contributed by atoms with Crippen LogP contribution in [0.4, 0.5) is 17.1 Å². The minimum atomic E-state index is -0.118. The van der Waals surface area contributed by atoms with E-state index < -0.39 is 0 Å². The summed E-state index contributed by atoms with van der Waals surface area (Å²) in [5.41, 5.74) is 8.57. The molecule has 114 valence electrons. The van der Waals surface area contributed by atoms with Crippen molar-refractivity contribution in [2.24, 2.45) is 5.92 Å². The van der Waals surface area contributed by atoms with Crippen molar-refractivity contribution >= 4 is 23.0 Å². The van der Waals surface area contributed by atoms with Gasteiger partial charge in [-0.1, -0.05) is 6.92 Å². The second-order valence-electron chi connectivity index (χ2n) is 6.27. The molecule has 0 aromatic heterocycles. The summed E-state index contributed by atoms with van der Waals surface area (Å²) in [7, 11) is 2.09. The molecule has 21 heavy (non-hydrogen) atoms. The van der Waals surface area contributed by atoms with E-state index in [1.165, 1.54) is 25.7 Å². The van der Waals surface area contributed by atoms with E-state index in [1.807, 2.05) is 12.1 Å². The topological polar surface area (TPSA) is 67.6 Å². The van der Waals surface area contributed by atoms with Gasteiger partial charge in [0.05, 0.1) is 17.1 Å². The quantitative estimate of drug-likeness (QED) is 0.821. The van der Waals surface area contributed by atoms with Gasteiger partial charge in [-0.15, -0.1) is 0 Å². The molecule has 1 aromatic rings. The molecule has 0 saturated heterocycles. The number of rotatable bonds is 2. The van der Waals surface area contributed by atoms with Gasteiger partial charge in [-0.3, -0.25) is 4.79 Å². The summed E-state index contributed by atoms with van der Waals surface area (Å²) in [6, 6.07) is 4.26. The van der Waals surface area contributed by atoms with Gasteiger partial charge < -0.3 is 20.7 Å². The number of fused-ring (bicyclic) bond motifs is 1. The molecular formula is C16H23N3O2. The molecule has 1 amide bonds. The van der Waals surface area contributed by atoms with Gasteiger partial charge in [0.2, 0.25) is 0 Å². The van der Waals surface area contributed by atoms with Crippen LogP contribution in [0.25, 0.3) is 0 Å². The smallest absolute Gasteiger partial charge is 0.262 e. The van der Waals surface area contributed by atoms with E-state index in [9.17, 15) is 4.79 Å². The van der Waals surface area contributed by atoms with Crippen LogP contribution in [0.3, 0.4) is 0 Å². The van der Waals surface area contributed by atoms with Gasteiger partial charge in [-0.2, -0.15) is 0 Å². The van der Waals surface area contributed by atoms with Gasteiger partial charge in [0, 0.05) is 19.2 Å². The lowest BCUT2D eigenvalue weighted by molar-refractivity contribution is -0.118. The third-order valence-electron chi connectivity index (χ3n) is 4.67. The molecule has 1 aromatic carbocycles. The first-order valence-corrected chi connectivity index (χ1v) is 7.63. The Kier molecular flexibility index (Phi) is 3.66. The Morgan fingerprint density at radius 1 is 1.29 bits per heavy atom. The van der Waals surface area contributed by atoms with Crippen LogP contribution in [0, 0.1) is 5.92 Å². The summed E-state index contributed by atoms with van der Waals surface area (Å²) >= 11 is 0. The third-order valence-corrected chi connectivity index (χ3v) is 4.67. The number of carbonyl (C=O) groups is 1. The van der Waals surface area contributed by atoms with Crippen molar-refractivity contribution < 1.29 is 9.53 Å². The molecule has 1 aliphatic heterocycles. The molecule has 1 heterocycles. The summed E-state index contributed by atoms with van der Waals surface area (Å²) in [5.74, 6) is 1.36. The van der Waals surface area contributed by atoms with E-state index in [4.69, 9.17) is 10.5 Å². The standard InChI is InChI=1S/C16H23N3O2/c1-10-3-5-11(6-4-10)19(2)14-8-13-15(7-12(14)17)21-9-16(20)18-13/h7-8,10-11H,3-6,9,17H2,1-2H3,(H,18,20). The molecule has 0 bridgehead atoms. The van der Waals surface area contributed by atoms with E-state index in [2.05, 4.69) is 24.2 Å². The van der Waals surface area contributed by atoms with Crippen LogP contribution < -0.4 is 20.7 Å². The number of carbonyl (C=O) groups excluding carboxylic acids is 1. The SMILES string of the molecule is CC1CCC(N(C)c2cc3c(cc2N)OCC(=O)N3)CC1. The third kappa shape index (κ3) is 2.77. The van der Waals surface area contributed by atoms with Crippen molar-refractivity contribution in [3.8, 4) is 5.75 Å². The Labute approximate surface area is 125 Å². The van der Waals surface area contributed by atoms with Crippen LogP contribution in [0.5, 0.6) is 5.75 Å². The van der Waals surface area contributed by atoms with Crippen LogP contribution in [-0.2, 0) is 4.79 Å². The molecule has 2 aliphatic rings. The number of nitrogen functional groups attached to an aromatic ring is 1. The Balaban J connectivity index is 1.84. The Morgan fingerprint density at radius 3 is 2.71 bits per heavy atom. The van der Waals surface area contributed by atoms with Gasteiger partial charge in [0.15, 0.2) is 6.61 Å². The first-order chi connectivity index (χ1) is 10.0. The fourth-order valence-electron chi connectivity index (χ4n) is 3.26. The van der Waals surface area contributed by atoms with Gasteiger partial charge in [-0.05, 0) is 37.7 Å². The number of hydrogen-bond donors (Lipinski definition) is 2. The molecule has 0 unspecified atom stereocenters. The zero-order valence-electron chi connectivity index (χ0n) is 12.7. The van der Waals surface area contributed by atoms with Crippen LogP contribution in [0.1, 0.15) is 32.6 Å². The highest BCUT2D eigenvalue weighted by Crippen LogP contribution is 2.39. The predicted molar refractivity (Wildman–Crippen MR) is 84.8 cm³/mol. The first-order valence-electron chi connectivity index (χ1n) is 7.63. The molecule has 0 spiro atoms. The molecule has 1 aliphatic carbocycles. The van der Waals surface area contributed by atoms with Crippen LogP contribution >= 0.6 is 0 Å². The first kappa shape index (κ1) is 14.0. The minimum Gasteiger partial charge on any atom is -0.482 e. The number of nitrogens with zero attached hydrogens (tertiary/aromatic N) is 1. The fourth-order valence-corrected chi connectivity index (χ4v) is 3.26. The van der Waals surface area contributed by atoms with Crippen molar-refractivity contribution in [3.05, 3.63) is 12.1 Å². The van der Waals surface area contributed by atoms with Crippen LogP contribution in [0.2, 0.25) is 0 Å². The van der Waals surface area contributed by atoms with Gasteiger partial charge in [0.1, 0.15) is 5.75 Å². The molecule has 5 nitrogen and oxygen atoms in total. The highest BCUT2D eigenvalue weighted by molar-refractivity contribution is 5.97. The monoisotopic (exact) mass is 289 g/mol. The molecule has 5 heteroatoms. The summed E-state index contributed by atoms with van der Waals surface area (Å²) in [6.45, 7) is 2.37. The number of amides is 1. The lowest BCUT2D eigenvalue weighted by Crippen LogP contribution is -2.35. The maximum Gasteiger partial charge on any atom is 0.262 e. The average molecular weight is 289 g/mol. The molecule has 3 rings (SSSR count). The largest absolute Gasteiger partial charge is 0.482 e. The molecular weight excluding hydrogens is 266 g/mol. The molecule has 0 atom stereocenters. The second kappa shape index (κ2) is 5.47. The zero-order valence-corrected chi connectivity index (χ0v) is 12.7. The van der Waals surface area contributed by atoms with Gasteiger partial charge in [0.25, 0.3) is 5.91 Å². The number of nitrogens with two attached hydrogens (primary N) is 1. The highest BCUT2D eigenvalue weighted by Gasteiger charge is 2.25. The number of hydrogen-bond acceptors (Lipinski definition) is 4. The fraction of sp³-hybridized carbons (Fsp3) is 0.562. The maximum atomic E-state index is 11.4. The number of benzene rings is 1. The summed E-state index contributed by atoms with van der Waals surface area (Å²) in [6.07, 6.45) is 4.91. The minimum absolute atomic E-state index is 0.0577. The normalized spacial score (nSPS) is 24.8. The Hall–Kier alpha value is -1.91. The van der Waals surface area contributed by atoms with Crippen molar-refractivity contribution in [2.45, 2.75) is 38.6 Å². The van der Waals surface area contributed by atoms with Crippen molar-refractivity contribution in [3.63, 3.8) is 0 Å². The van der Waals surface area contributed by atoms with E-state index in [0.29, 0.717) is 23.2 Å². The Bertz CT molecular complexity index is 551. The zero-order chi connectivity index (χ0) is 15.0. The molecule has 0 radical (unpaired) electrons. The number of ether oxygens (including phenoxy) is 1. The average Bonchev–Trinajstić information content (AvgIpc) is 2.47. The van der Waals surface area contributed by atoms with E-state index in [0.717, 1.165) is 11.6 Å². The lowest BCUT2D eigenvalue weighted by atomic mass is 9.86.